The van der Waals surface area contributed by atoms with Crippen molar-refractivity contribution in [2.45, 2.75) is 45.1 Å². The van der Waals surface area contributed by atoms with Crippen LogP contribution in [0.2, 0.25) is 0 Å². The van der Waals surface area contributed by atoms with Crippen LogP contribution < -0.4 is 5.32 Å². The lowest BCUT2D eigenvalue weighted by Gasteiger charge is -2.34. The predicted molar refractivity (Wildman–Crippen MR) is 55.9 cm³/mol. The average Bonchev–Trinajstić information content (AvgIpc) is 2.06. The van der Waals surface area contributed by atoms with E-state index in [1.807, 2.05) is 0 Å². The van der Waals surface area contributed by atoms with Gasteiger partial charge in [-0.15, -0.1) is 0 Å². The van der Waals surface area contributed by atoms with E-state index in [9.17, 15) is 0 Å². The van der Waals surface area contributed by atoms with Crippen molar-refractivity contribution >= 4 is 0 Å². The van der Waals surface area contributed by atoms with E-state index in [0.29, 0.717) is 6.04 Å². The normalized spacial score (nSPS) is 19.8. The van der Waals surface area contributed by atoms with Crippen LogP contribution in [0.4, 0.5) is 0 Å². The van der Waals surface area contributed by atoms with Crippen LogP contribution in [0.5, 0.6) is 0 Å². The Bertz CT molecular complexity index is 115. The van der Waals surface area contributed by atoms with Gasteiger partial charge >= 0.3 is 0 Å². The molecule has 0 aromatic rings. The number of nitrogens with one attached hydrogen (secondary N) is 1. The Morgan fingerprint density at radius 1 is 1.46 bits per heavy atom. The number of hydrogen-bond donors (Lipinski definition) is 1. The van der Waals surface area contributed by atoms with E-state index in [1.165, 1.54) is 32.1 Å². The fourth-order valence-electron chi connectivity index (χ4n) is 1.92. The summed E-state index contributed by atoms with van der Waals surface area (Å²) in [6.07, 6.45) is 6.69. The van der Waals surface area contributed by atoms with Gasteiger partial charge in [0.05, 0.1) is 0 Å². The average molecular weight is 185 g/mol. The Morgan fingerprint density at radius 3 is 2.69 bits per heavy atom. The summed E-state index contributed by atoms with van der Waals surface area (Å²) in [5.41, 5.74) is 0. The van der Waals surface area contributed by atoms with Crippen LogP contribution >= 0.6 is 0 Å². The molecule has 1 atom stereocenters. The molecular formula is C11H23NO. The van der Waals surface area contributed by atoms with E-state index in [0.717, 1.165) is 19.1 Å². The van der Waals surface area contributed by atoms with Crippen molar-refractivity contribution < 1.29 is 4.74 Å². The molecule has 1 aliphatic rings. The lowest BCUT2D eigenvalue weighted by atomic mass is 9.78. The van der Waals surface area contributed by atoms with Gasteiger partial charge in [-0.05, 0) is 38.1 Å². The van der Waals surface area contributed by atoms with Crippen LogP contribution in [-0.2, 0) is 4.74 Å². The molecule has 2 heteroatoms. The first-order chi connectivity index (χ1) is 6.38. The SMILES string of the molecule is CCCNC(CCOC)C1CCC1. The molecule has 0 spiro atoms. The molecule has 1 saturated carbocycles. The van der Waals surface area contributed by atoms with Crippen LogP contribution in [0, 0.1) is 5.92 Å². The Hall–Kier alpha value is -0.0800. The molecule has 1 rings (SSSR count). The second kappa shape index (κ2) is 6.39. The summed E-state index contributed by atoms with van der Waals surface area (Å²) >= 11 is 0. The Kier molecular flexibility index (Phi) is 5.40. The zero-order chi connectivity index (χ0) is 9.52. The number of rotatable bonds is 7. The Morgan fingerprint density at radius 2 is 2.23 bits per heavy atom. The van der Waals surface area contributed by atoms with Crippen LogP contribution in [0.3, 0.4) is 0 Å². The highest BCUT2D eigenvalue weighted by Gasteiger charge is 2.26. The van der Waals surface area contributed by atoms with Crippen LogP contribution in [0.15, 0.2) is 0 Å². The van der Waals surface area contributed by atoms with Crippen molar-refractivity contribution in [3.8, 4) is 0 Å². The van der Waals surface area contributed by atoms with E-state index in [1.54, 1.807) is 7.11 Å². The largest absolute Gasteiger partial charge is 0.385 e. The van der Waals surface area contributed by atoms with Crippen molar-refractivity contribution in [1.82, 2.24) is 5.32 Å². The maximum absolute atomic E-state index is 5.13. The van der Waals surface area contributed by atoms with Crippen molar-refractivity contribution in [1.29, 1.82) is 0 Å². The summed E-state index contributed by atoms with van der Waals surface area (Å²) in [5, 5.41) is 3.63. The monoisotopic (exact) mass is 185 g/mol. The minimum atomic E-state index is 0.716. The molecule has 2 nitrogen and oxygen atoms in total. The van der Waals surface area contributed by atoms with Gasteiger partial charge in [-0.1, -0.05) is 13.3 Å². The summed E-state index contributed by atoms with van der Waals surface area (Å²) in [6.45, 7) is 4.28. The van der Waals surface area contributed by atoms with E-state index in [4.69, 9.17) is 4.74 Å². The predicted octanol–water partition coefficient (Wildman–Crippen LogP) is 2.19. The standard InChI is InChI=1S/C11H23NO/c1-3-8-12-11(7-9-13-2)10-5-4-6-10/h10-12H,3-9H2,1-2H3. The molecule has 0 amide bonds. The quantitative estimate of drug-likeness (QED) is 0.656. The first-order valence-corrected chi connectivity index (χ1v) is 5.60. The summed E-state index contributed by atoms with van der Waals surface area (Å²) in [6, 6.07) is 0.716. The Labute approximate surface area is 82.0 Å². The van der Waals surface area contributed by atoms with Crippen molar-refractivity contribution in [2.75, 3.05) is 20.3 Å². The number of ether oxygens (including phenoxy) is 1. The molecule has 0 saturated heterocycles. The first kappa shape index (κ1) is 11.0. The van der Waals surface area contributed by atoms with Gasteiger partial charge in [0.15, 0.2) is 0 Å². The van der Waals surface area contributed by atoms with E-state index >= 15 is 0 Å². The number of methoxy groups -OCH3 is 1. The van der Waals surface area contributed by atoms with Crippen LogP contribution in [0.25, 0.3) is 0 Å². The fraction of sp³-hybridized carbons (Fsp3) is 1.00. The van der Waals surface area contributed by atoms with Gasteiger partial charge < -0.3 is 10.1 Å². The lowest BCUT2D eigenvalue weighted by molar-refractivity contribution is 0.147. The topological polar surface area (TPSA) is 21.3 Å². The molecule has 0 aliphatic heterocycles. The van der Waals surface area contributed by atoms with Gasteiger partial charge in [-0.3, -0.25) is 0 Å². The van der Waals surface area contributed by atoms with Crippen LogP contribution in [0.1, 0.15) is 39.0 Å². The molecule has 0 aromatic carbocycles. The molecule has 1 aliphatic carbocycles. The van der Waals surface area contributed by atoms with Gasteiger partial charge in [0.2, 0.25) is 0 Å². The summed E-state index contributed by atoms with van der Waals surface area (Å²) in [7, 11) is 1.79. The van der Waals surface area contributed by atoms with Crippen molar-refractivity contribution in [2.24, 2.45) is 5.92 Å². The molecule has 78 valence electrons. The second-order valence-corrected chi connectivity index (χ2v) is 4.03. The summed E-state index contributed by atoms with van der Waals surface area (Å²) in [5.74, 6) is 0.932. The van der Waals surface area contributed by atoms with Gasteiger partial charge in [0, 0.05) is 19.8 Å². The molecule has 0 radical (unpaired) electrons. The third-order valence-corrected chi connectivity index (χ3v) is 3.01. The maximum atomic E-state index is 5.13. The third-order valence-electron chi connectivity index (χ3n) is 3.01. The van der Waals surface area contributed by atoms with Gasteiger partial charge in [-0.2, -0.15) is 0 Å². The molecule has 1 unspecified atom stereocenters. The van der Waals surface area contributed by atoms with Crippen LogP contribution in [-0.4, -0.2) is 26.3 Å². The molecule has 0 aromatic heterocycles. The van der Waals surface area contributed by atoms with Gasteiger partial charge in [0.1, 0.15) is 0 Å². The molecule has 13 heavy (non-hydrogen) atoms. The molecule has 1 N–H and O–H groups in total. The molecular weight excluding hydrogens is 162 g/mol. The molecule has 0 heterocycles. The van der Waals surface area contributed by atoms with E-state index in [-0.39, 0.29) is 0 Å². The minimum absolute atomic E-state index is 0.716. The number of hydrogen-bond acceptors (Lipinski definition) is 2. The molecule has 0 bridgehead atoms. The zero-order valence-corrected chi connectivity index (χ0v) is 9.01. The van der Waals surface area contributed by atoms with Crippen molar-refractivity contribution in [3.05, 3.63) is 0 Å². The second-order valence-electron chi connectivity index (χ2n) is 4.03. The lowest BCUT2D eigenvalue weighted by Crippen LogP contribution is -2.40. The zero-order valence-electron chi connectivity index (χ0n) is 9.01. The molecule has 1 fully saturated rings. The Balaban J connectivity index is 2.16. The third kappa shape index (κ3) is 3.65. The summed E-state index contributed by atoms with van der Waals surface area (Å²) in [4.78, 5) is 0. The highest BCUT2D eigenvalue weighted by Crippen LogP contribution is 2.30. The highest BCUT2D eigenvalue weighted by atomic mass is 16.5. The smallest absolute Gasteiger partial charge is 0.0477 e. The first-order valence-electron chi connectivity index (χ1n) is 5.60. The van der Waals surface area contributed by atoms with E-state index < -0.39 is 0 Å². The van der Waals surface area contributed by atoms with Crippen molar-refractivity contribution in [3.63, 3.8) is 0 Å². The highest BCUT2D eigenvalue weighted by molar-refractivity contribution is 4.82. The fourth-order valence-corrected chi connectivity index (χ4v) is 1.92. The maximum Gasteiger partial charge on any atom is 0.0477 e. The van der Waals surface area contributed by atoms with E-state index in [2.05, 4.69) is 12.2 Å². The summed E-state index contributed by atoms with van der Waals surface area (Å²) < 4.78 is 5.13. The van der Waals surface area contributed by atoms with Gasteiger partial charge in [-0.25, -0.2) is 0 Å². The van der Waals surface area contributed by atoms with Gasteiger partial charge in [0.25, 0.3) is 0 Å². The minimum Gasteiger partial charge on any atom is -0.385 e.